The van der Waals surface area contributed by atoms with E-state index in [9.17, 15) is 23.6 Å². The number of hydrogen-bond donors (Lipinski definition) is 2. The molecule has 5 aromatic rings. The van der Waals surface area contributed by atoms with Gasteiger partial charge in [-0.25, -0.2) is 9.18 Å². The van der Waals surface area contributed by atoms with E-state index in [2.05, 4.69) is 15.1 Å². The fourth-order valence-electron chi connectivity index (χ4n) is 4.60. The molecule has 0 atom stereocenters. The summed E-state index contributed by atoms with van der Waals surface area (Å²) in [5.41, 5.74) is 0.925. The molecule has 0 radical (unpaired) electrons. The van der Waals surface area contributed by atoms with Gasteiger partial charge < -0.3 is 14.7 Å². The van der Waals surface area contributed by atoms with Crippen LogP contribution in [0.3, 0.4) is 0 Å². The van der Waals surface area contributed by atoms with Crippen molar-refractivity contribution in [1.82, 2.24) is 19.5 Å². The molecule has 2 N–H and O–H groups in total. The Kier molecular flexibility index (Phi) is 5.26. The summed E-state index contributed by atoms with van der Waals surface area (Å²) in [5, 5.41) is 4.43. The van der Waals surface area contributed by atoms with E-state index in [1.54, 1.807) is 42.5 Å². The highest BCUT2D eigenvalue weighted by Crippen LogP contribution is 2.28. The van der Waals surface area contributed by atoms with Crippen LogP contribution in [0.25, 0.3) is 21.9 Å². The number of ether oxygens (including phenoxy) is 1. The van der Waals surface area contributed by atoms with Crippen LogP contribution in [-0.2, 0) is 6.54 Å². The van der Waals surface area contributed by atoms with Crippen molar-refractivity contribution in [2.75, 3.05) is 7.11 Å². The largest absolute Gasteiger partial charge is 0.496 e. The minimum absolute atomic E-state index is 0.0463. The summed E-state index contributed by atoms with van der Waals surface area (Å²) in [6.07, 6.45) is 1.30. The number of fused-ring (bicyclic) bond motifs is 4. The maximum absolute atomic E-state index is 13.7. The molecule has 38 heavy (non-hydrogen) atoms. The molecule has 0 bridgehead atoms. The number of H-pyrrole nitrogens is 2. The molecule has 0 spiro atoms. The van der Waals surface area contributed by atoms with Gasteiger partial charge in [-0.2, -0.15) is 5.10 Å². The van der Waals surface area contributed by atoms with Crippen molar-refractivity contribution in [3.63, 3.8) is 0 Å². The van der Waals surface area contributed by atoms with Gasteiger partial charge in [-0.05, 0) is 54.1 Å². The number of carbonyl (C=O) groups excluding carboxylic acids is 2. The van der Waals surface area contributed by atoms with E-state index in [0.717, 1.165) is 4.90 Å². The molecular weight excluding hydrogens is 493 g/mol. The number of aromatic amines is 2. The zero-order valence-corrected chi connectivity index (χ0v) is 19.8. The van der Waals surface area contributed by atoms with E-state index in [0.29, 0.717) is 43.6 Å². The van der Waals surface area contributed by atoms with Crippen LogP contribution in [-0.4, -0.2) is 44.7 Å². The van der Waals surface area contributed by atoms with Gasteiger partial charge in [0, 0.05) is 16.5 Å². The fraction of sp³-hybridized carbons (Fsp3) is 0.0741. The van der Waals surface area contributed by atoms with Gasteiger partial charge in [0.2, 0.25) is 0 Å². The van der Waals surface area contributed by atoms with E-state index in [-0.39, 0.29) is 17.6 Å². The maximum atomic E-state index is 13.7. The Labute approximate surface area is 212 Å². The van der Waals surface area contributed by atoms with Gasteiger partial charge in [0.05, 0.1) is 36.5 Å². The predicted molar refractivity (Wildman–Crippen MR) is 137 cm³/mol. The van der Waals surface area contributed by atoms with E-state index < -0.39 is 28.9 Å². The summed E-state index contributed by atoms with van der Waals surface area (Å²) in [5.74, 6) is -0.869. The lowest BCUT2D eigenvalue weighted by Gasteiger charge is -2.16. The average Bonchev–Trinajstić information content (AvgIpc) is 3.39. The number of amides is 2. The van der Waals surface area contributed by atoms with E-state index in [4.69, 9.17) is 4.74 Å². The third kappa shape index (κ3) is 3.60. The SMILES string of the molecule is COc1ccc(/C=N/n2c(=O)[nH]c3c([nH]c4ccc(F)cc43)c2=O)cc1CN1C(=O)c2ccccc2C1=O. The number of imide groups is 1. The standard InChI is InChI=1S/C27H18FN5O5/c1-38-21-9-6-14(10-15(21)13-32-24(34)17-4-2-3-5-18(17)25(32)35)12-29-33-26(36)23-22(31-27(33)37)19-11-16(28)7-8-20(19)30-23/h2-12,30H,13H2,1H3,(H,31,37)/b29-12+. The highest BCUT2D eigenvalue weighted by Gasteiger charge is 2.35. The predicted octanol–water partition coefficient (Wildman–Crippen LogP) is 3.00. The molecule has 0 fully saturated rings. The number of aromatic nitrogens is 3. The van der Waals surface area contributed by atoms with Crippen LogP contribution < -0.4 is 16.0 Å². The molecule has 1 aliphatic rings. The minimum Gasteiger partial charge on any atom is -0.496 e. The van der Waals surface area contributed by atoms with Crippen LogP contribution in [0.15, 0.2) is 75.4 Å². The van der Waals surface area contributed by atoms with Crippen molar-refractivity contribution in [2.45, 2.75) is 6.54 Å². The first kappa shape index (κ1) is 23.1. The lowest BCUT2D eigenvalue weighted by molar-refractivity contribution is 0.0641. The number of methoxy groups -OCH3 is 1. The van der Waals surface area contributed by atoms with Crippen molar-refractivity contribution < 1.29 is 18.7 Å². The lowest BCUT2D eigenvalue weighted by atomic mass is 10.1. The molecule has 2 amide bonds. The summed E-state index contributed by atoms with van der Waals surface area (Å²) in [7, 11) is 1.47. The summed E-state index contributed by atoms with van der Waals surface area (Å²) in [4.78, 5) is 57.9. The Bertz CT molecular complexity index is 1920. The molecule has 10 nitrogen and oxygen atoms in total. The van der Waals surface area contributed by atoms with Crippen LogP contribution >= 0.6 is 0 Å². The molecule has 0 aliphatic carbocycles. The van der Waals surface area contributed by atoms with Gasteiger partial charge >= 0.3 is 11.2 Å². The Morgan fingerprint density at radius 3 is 2.37 bits per heavy atom. The molecule has 3 aromatic carbocycles. The van der Waals surface area contributed by atoms with Gasteiger partial charge in [0.15, 0.2) is 0 Å². The average molecular weight is 511 g/mol. The molecule has 0 saturated heterocycles. The first-order chi connectivity index (χ1) is 18.4. The Morgan fingerprint density at radius 1 is 0.921 bits per heavy atom. The number of rotatable bonds is 5. The zero-order valence-electron chi connectivity index (χ0n) is 19.8. The molecule has 1 aliphatic heterocycles. The summed E-state index contributed by atoms with van der Waals surface area (Å²) >= 11 is 0. The number of hydrogen-bond acceptors (Lipinski definition) is 6. The highest BCUT2D eigenvalue weighted by molar-refractivity contribution is 6.21. The second-order valence-electron chi connectivity index (χ2n) is 8.67. The molecule has 3 heterocycles. The molecular formula is C27H18FN5O5. The van der Waals surface area contributed by atoms with Gasteiger partial charge in [0.25, 0.3) is 11.8 Å². The van der Waals surface area contributed by atoms with Crippen molar-refractivity contribution in [2.24, 2.45) is 5.10 Å². The quantitative estimate of drug-likeness (QED) is 0.277. The molecule has 188 valence electrons. The zero-order chi connectivity index (χ0) is 26.6. The van der Waals surface area contributed by atoms with Crippen LogP contribution in [0.5, 0.6) is 5.75 Å². The van der Waals surface area contributed by atoms with Crippen molar-refractivity contribution >= 4 is 40.0 Å². The third-order valence-corrected chi connectivity index (χ3v) is 6.42. The Balaban J connectivity index is 1.35. The van der Waals surface area contributed by atoms with Gasteiger partial charge in [-0.1, -0.05) is 12.1 Å². The van der Waals surface area contributed by atoms with E-state index in [1.807, 2.05) is 0 Å². The Hall–Kier alpha value is -5.32. The molecule has 0 saturated carbocycles. The number of halogens is 1. The highest BCUT2D eigenvalue weighted by atomic mass is 19.1. The van der Waals surface area contributed by atoms with Crippen molar-refractivity contribution in [1.29, 1.82) is 0 Å². The third-order valence-electron chi connectivity index (χ3n) is 6.42. The summed E-state index contributed by atoms with van der Waals surface area (Å²) in [6.45, 7) is -0.0463. The van der Waals surface area contributed by atoms with Gasteiger partial charge in [0.1, 0.15) is 17.1 Å². The molecule has 0 unspecified atom stereocenters. The van der Waals surface area contributed by atoms with Crippen LogP contribution in [0.1, 0.15) is 31.8 Å². The van der Waals surface area contributed by atoms with Crippen LogP contribution in [0.4, 0.5) is 4.39 Å². The van der Waals surface area contributed by atoms with Gasteiger partial charge in [-0.3, -0.25) is 19.3 Å². The Morgan fingerprint density at radius 2 is 1.66 bits per heavy atom. The molecule has 2 aromatic heterocycles. The second kappa shape index (κ2) is 8.66. The van der Waals surface area contributed by atoms with E-state index in [1.165, 1.54) is 31.5 Å². The number of nitrogens with zero attached hydrogens (tertiary/aromatic N) is 3. The van der Waals surface area contributed by atoms with E-state index >= 15 is 0 Å². The summed E-state index contributed by atoms with van der Waals surface area (Å²) < 4.78 is 19.8. The maximum Gasteiger partial charge on any atom is 0.350 e. The van der Waals surface area contributed by atoms with Crippen LogP contribution in [0.2, 0.25) is 0 Å². The minimum atomic E-state index is -0.802. The second-order valence-corrected chi connectivity index (χ2v) is 8.67. The number of benzene rings is 3. The van der Waals surface area contributed by atoms with Crippen molar-refractivity contribution in [3.05, 3.63) is 110 Å². The molecule has 6 rings (SSSR count). The van der Waals surface area contributed by atoms with Gasteiger partial charge in [-0.15, -0.1) is 4.68 Å². The summed E-state index contributed by atoms with van der Waals surface area (Å²) in [6, 6.07) is 15.5. The number of carbonyl (C=O) groups is 2. The first-order valence-corrected chi connectivity index (χ1v) is 11.5. The topological polar surface area (TPSA) is 130 Å². The fourth-order valence-corrected chi connectivity index (χ4v) is 4.60. The molecule has 11 heteroatoms. The van der Waals surface area contributed by atoms with Crippen LogP contribution in [0, 0.1) is 5.82 Å². The normalized spacial score (nSPS) is 13.3. The lowest BCUT2D eigenvalue weighted by Crippen LogP contribution is -2.32. The number of nitrogens with one attached hydrogen (secondary N) is 2. The monoisotopic (exact) mass is 511 g/mol. The smallest absolute Gasteiger partial charge is 0.350 e. The van der Waals surface area contributed by atoms with Crippen molar-refractivity contribution in [3.8, 4) is 5.75 Å². The first-order valence-electron chi connectivity index (χ1n) is 11.5.